The minimum atomic E-state index is -0.0753. The van der Waals surface area contributed by atoms with Crippen molar-refractivity contribution in [1.29, 1.82) is 0 Å². The zero-order chi connectivity index (χ0) is 20.3. The Labute approximate surface area is 167 Å². The molecule has 3 rings (SSSR count). The Hall–Kier alpha value is -3.32. The van der Waals surface area contributed by atoms with Crippen LogP contribution in [0.25, 0.3) is 21.7 Å². The van der Waals surface area contributed by atoms with Crippen LogP contribution in [-0.2, 0) is 0 Å². The first-order valence-electron chi connectivity index (χ1n) is 8.68. The Morgan fingerprint density at radius 2 is 1.43 bits per heavy atom. The van der Waals surface area contributed by atoms with Crippen LogP contribution in [0.5, 0.6) is 0 Å². The third-order valence-electron chi connectivity index (χ3n) is 4.20. The maximum atomic E-state index is 11.4. The number of carbonyl (C=O) groups excluding carboxylic acids is 1. The van der Waals surface area contributed by atoms with Crippen LogP contribution in [0, 0.1) is 6.92 Å². The van der Waals surface area contributed by atoms with Gasteiger partial charge in [0.25, 0.3) is 0 Å². The van der Waals surface area contributed by atoms with Crippen molar-refractivity contribution in [1.82, 2.24) is 4.98 Å². The summed E-state index contributed by atoms with van der Waals surface area (Å²) in [5.74, 6) is -0.0100. The van der Waals surface area contributed by atoms with Gasteiger partial charge in [0.05, 0.1) is 16.3 Å². The Morgan fingerprint density at radius 1 is 0.893 bits per heavy atom. The topological polar surface area (TPSA) is 107 Å². The summed E-state index contributed by atoms with van der Waals surface area (Å²) in [5, 5.41) is 8.65. The maximum absolute atomic E-state index is 11.4. The fraction of sp³-hybridized carbons (Fsp3) is 0.143. The number of ketones is 1. The van der Waals surface area contributed by atoms with E-state index in [1.54, 1.807) is 18.3 Å². The van der Waals surface area contributed by atoms with Gasteiger partial charge in [0, 0.05) is 11.1 Å². The number of guanidine groups is 1. The quantitative estimate of drug-likeness (QED) is 0.297. The Morgan fingerprint density at radius 3 is 1.96 bits per heavy atom. The SMILES string of the molecule is CC(=O)c1ccc(-c2ccc(-c3nc(C)c(C(C)=NN=C(N)N)s3)cc2)cc1. The molecule has 0 saturated heterocycles. The second kappa shape index (κ2) is 8.14. The number of nitrogens with two attached hydrogens (primary N) is 2. The van der Waals surface area contributed by atoms with Crippen molar-refractivity contribution in [2.75, 3.05) is 0 Å². The highest BCUT2D eigenvalue weighted by molar-refractivity contribution is 7.17. The fourth-order valence-corrected chi connectivity index (χ4v) is 3.75. The van der Waals surface area contributed by atoms with Crippen molar-refractivity contribution in [3.05, 3.63) is 64.7 Å². The van der Waals surface area contributed by atoms with Gasteiger partial charge in [-0.15, -0.1) is 16.4 Å². The molecule has 0 fully saturated rings. The van der Waals surface area contributed by atoms with E-state index in [9.17, 15) is 4.79 Å². The van der Waals surface area contributed by atoms with Gasteiger partial charge in [-0.25, -0.2) is 4.98 Å². The monoisotopic (exact) mass is 391 g/mol. The molecular weight excluding hydrogens is 370 g/mol. The van der Waals surface area contributed by atoms with E-state index in [1.165, 1.54) is 0 Å². The highest BCUT2D eigenvalue weighted by Gasteiger charge is 2.12. The van der Waals surface area contributed by atoms with E-state index < -0.39 is 0 Å². The van der Waals surface area contributed by atoms with Crippen molar-refractivity contribution in [3.63, 3.8) is 0 Å². The van der Waals surface area contributed by atoms with Crippen molar-refractivity contribution in [2.24, 2.45) is 21.7 Å². The maximum Gasteiger partial charge on any atom is 0.211 e. The lowest BCUT2D eigenvalue weighted by molar-refractivity contribution is 0.101. The summed E-state index contributed by atoms with van der Waals surface area (Å²) in [6, 6.07) is 15.8. The average molecular weight is 392 g/mol. The highest BCUT2D eigenvalue weighted by atomic mass is 32.1. The van der Waals surface area contributed by atoms with Gasteiger partial charge in [-0.1, -0.05) is 48.5 Å². The van der Waals surface area contributed by atoms with Gasteiger partial charge >= 0.3 is 0 Å². The molecule has 0 saturated carbocycles. The summed E-state index contributed by atoms with van der Waals surface area (Å²) in [7, 11) is 0. The number of nitrogens with zero attached hydrogens (tertiary/aromatic N) is 3. The van der Waals surface area contributed by atoms with Crippen LogP contribution in [0.3, 0.4) is 0 Å². The van der Waals surface area contributed by atoms with Crippen LogP contribution in [0.15, 0.2) is 58.7 Å². The molecule has 0 atom stereocenters. The molecule has 0 amide bonds. The van der Waals surface area contributed by atoms with Crippen molar-refractivity contribution >= 4 is 28.8 Å². The number of thiazole rings is 1. The lowest BCUT2D eigenvalue weighted by atomic mass is 10.0. The van der Waals surface area contributed by atoms with E-state index in [0.29, 0.717) is 5.56 Å². The summed E-state index contributed by atoms with van der Waals surface area (Å²) in [4.78, 5) is 17.0. The molecule has 7 heteroatoms. The van der Waals surface area contributed by atoms with Crippen LogP contribution in [-0.4, -0.2) is 22.4 Å². The van der Waals surface area contributed by atoms with Crippen molar-refractivity contribution in [3.8, 4) is 21.7 Å². The summed E-state index contributed by atoms with van der Waals surface area (Å²) in [6.07, 6.45) is 0. The summed E-state index contributed by atoms with van der Waals surface area (Å²) >= 11 is 1.55. The highest BCUT2D eigenvalue weighted by Crippen LogP contribution is 2.30. The molecule has 1 aromatic heterocycles. The number of Topliss-reactive ketones (excluding diaryl/α,β-unsaturated/α-hetero) is 1. The van der Waals surface area contributed by atoms with Crippen molar-refractivity contribution in [2.45, 2.75) is 20.8 Å². The molecule has 2 aromatic carbocycles. The molecule has 0 bridgehead atoms. The normalized spacial score (nSPS) is 11.3. The second-order valence-electron chi connectivity index (χ2n) is 6.35. The predicted molar refractivity (Wildman–Crippen MR) is 116 cm³/mol. The Balaban J connectivity index is 1.86. The molecule has 6 nitrogen and oxygen atoms in total. The van der Waals surface area contributed by atoms with E-state index in [0.717, 1.165) is 38.0 Å². The van der Waals surface area contributed by atoms with E-state index in [4.69, 9.17) is 11.5 Å². The molecule has 1 heterocycles. The molecule has 0 aliphatic rings. The number of aryl methyl sites for hydroxylation is 1. The van der Waals surface area contributed by atoms with Gasteiger partial charge in [0.15, 0.2) is 5.78 Å². The van der Waals surface area contributed by atoms with E-state index in [2.05, 4.69) is 27.3 Å². The van der Waals surface area contributed by atoms with Crippen LogP contribution >= 0.6 is 11.3 Å². The first-order valence-corrected chi connectivity index (χ1v) is 9.49. The number of hydrogen-bond acceptors (Lipinski definition) is 5. The van der Waals surface area contributed by atoms with Gasteiger partial charge in [0.2, 0.25) is 5.96 Å². The van der Waals surface area contributed by atoms with Gasteiger partial charge < -0.3 is 11.5 Å². The molecule has 0 spiro atoms. The summed E-state index contributed by atoms with van der Waals surface area (Å²) in [6.45, 7) is 5.36. The molecule has 4 N–H and O–H groups in total. The number of carbonyl (C=O) groups is 1. The number of aromatic nitrogens is 1. The standard InChI is InChI=1S/C21H21N5OS/c1-12-19(13(2)25-26-21(22)23)28-20(24-12)18-10-8-17(9-11-18)16-6-4-15(5-7-16)14(3)27/h4-11H,1-3H3,(H4,22,23,26). The largest absolute Gasteiger partial charge is 0.369 e. The molecule has 0 radical (unpaired) electrons. The molecule has 3 aromatic rings. The fourth-order valence-electron chi connectivity index (χ4n) is 2.74. The zero-order valence-corrected chi connectivity index (χ0v) is 16.7. The van der Waals surface area contributed by atoms with E-state index in [1.807, 2.05) is 50.2 Å². The third kappa shape index (κ3) is 4.32. The first kappa shape index (κ1) is 19.4. The smallest absolute Gasteiger partial charge is 0.211 e. The number of rotatable bonds is 5. The van der Waals surface area contributed by atoms with E-state index >= 15 is 0 Å². The number of hydrogen-bond donors (Lipinski definition) is 2. The average Bonchev–Trinajstić information content (AvgIpc) is 3.08. The minimum Gasteiger partial charge on any atom is -0.369 e. The second-order valence-corrected chi connectivity index (χ2v) is 7.35. The van der Waals surface area contributed by atoms with Crippen LogP contribution < -0.4 is 11.5 Å². The van der Waals surface area contributed by atoms with Crippen LogP contribution in [0.2, 0.25) is 0 Å². The molecular formula is C21H21N5OS. The Bertz CT molecular complexity index is 1060. The first-order chi connectivity index (χ1) is 13.3. The van der Waals surface area contributed by atoms with Gasteiger partial charge in [-0.2, -0.15) is 5.10 Å². The lowest BCUT2D eigenvalue weighted by Gasteiger charge is -2.04. The van der Waals surface area contributed by atoms with Gasteiger partial charge in [-0.05, 0) is 31.9 Å². The molecule has 0 unspecified atom stereocenters. The molecule has 142 valence electrons. The molecule has 0 aliphatic heterocycles. The summed E-state index contributed by atoms with van der Waals surface area (Å²) in [5.41, 5.74) is 16.1. The zero-order valence-electron chi connectivity index (χ0n) is 15.9. The lowest BCUT2D eigenvalue weighted by Crippen LogP contribution is -2.22. The van der Waals surface area contributed by atoms with E-state index in [-0.39, 0.29) is 11.7 Å². The third-order valence-corrected chi connectivity index (χ3v) is 5.51. The Kier molecular flexibility index (Phi) is 5.65. The van der Waals surface area contributed by atoms with Gasteiger partial charge in [0.1, 0.15) is 5.01 Å². The van der Waals surface area contributed by atoms with Crippen LogP contribution in [0.4, 0.5) is 0 Å². The predicted octanol–water partition coefficient (Wildman–Crippen LogP) is 3.99. The van der Waals surface area contributed by atoms with Crippen molar-refractivity contribution < 1.29 is 4.79 Å². The molecule has 28 heavy (non-hydrogen) atoms. The minimum absolute atomic E-state index is 0.0653. The summed E-state index contributed by atoms with van der Waals surface area (Å²) < 4.78 is 0. The van der Waals surface area contributed by atoms with Crippen LogP contribution in [0.1, 0.15) is 34.8 Å². The number of benzene rings is 2. The molecule has 0 aliphatic carbocycles. The van der Waals surface area contributed by atoms with Gasteiger partial charge in [-0.3, -0.25) is 4.79 Å².